The smallest absolute Gasteiger partial charge is 0.759 e. The summed E-state index contributed by atoms with van der Waals surface area (Å²) in [5, 5.41) is 0. The quantitative estimate of drug-likeness (QED) is 0.255. The zero-order chi connectivity index (χ0) is 9.00. The largest absolute Gasteiger partial charge is 2.00 e. The van der Waals surface area contributed by atoms with Crippen LogP contribution in [-0.2, 0) is 37.9 Å². The number of rotatable bonds is 0. The molecule has 12 heteroatoms. The Hall–Kier alpha value is 0.857. The van der Waals surface area contributed by atoms with Crippen molar-refractivity contribution in [2.45, 2.75) is 0 Å². The molecule has 0 rings (SSSR count). The van der Waals surface area contributed by atoms with Crippen molar-refractivity contribution < 1.29 is 71.0 Å². The second-order valence-corrected chi connectivity index (χ2v) is 2.51. The molecular formula is HLiMnO8S2. The van der Waals surface area contributed by atoms with Crippen LogP contribution in [-0.4, -0.2) is 35.0 Å². The molecule has 8 nitrogen and oxygen atoms in total. The molecular weight excluding hydrogens is 254 g/mol. The van der Waals surface area contributed by atoms with Gasteiger partial charge in [0.25, 0.3) is 0 Å². The zero-order valence-corrected chi connectivity index (χ0v) is 8.31. The molecule has 0 spiro atoms. The fraction of sp³-hybridized carbons (Fsp3) is 0. The van der Waals surface area contributed by atoms with Crippen LogP contribution in [0.4, 0.5) is 0 Å². The predicted octanol–water partition coefficient (Wildman–Crippen LogP) is -5.33. The van der Waals surface area contributed by atoms with E-state index < -0.39 is 20.8 Å². The molecule has 0 bridgehead atoms. The van der Waals surface area contributed by atoms with Crippen molar-refractivity contribution in [2.24, 2.45) is 0 Å². The maximum absolute atomic E-state index is 8.63. The molecule has 1 radical (unpaired) electrons. The third-order valence-electron chi connectivity index (χ3n) is 0. The second kappa shape index (κ2) is 8.45. The molecule has 0 aliphatic heterocycles. The van der Waals surface area contributed by atoms with Crippen molar-refractivity contribution in [3.05, 3.63) is 0 Å². The summed E-state index contributed by atoms with van der Waals surface area (Å²) in [6.45, 7) is 0. The van der Waals surface area contributed by atoms with Crippen LogP contribution in [0.25, 0.3) is 0 Å². The minimum absolute atomic E-state index is 0. The van der Waals surface area contributed by atoms with Crippen molar-refractivity contribution in [3.8, 4) is 0 Å². The number of hydrogen-bond donors (Lipinski definition) is 1. The monoisotopic (exact) mass is 255 g/mol. The van der Waals surface area contributed by atoms with E-state index in [4.69, 9.17) is 35.0 Å². The fourth-order valence-corrected chi connectivity index (χ4v) is 0. The maximum atomic E-state index is 8.63. The van der Waals surface area contributed by atoms with Gasteiger partial charge in [-0.1, -0.05) is 0 Å². The van der Waals surface area contributed by atoms with Crippen LogP contribution in [0.15, 0.2) is 0 Å². The van der Waals surface area contributed by atoms with Crippen LogP contribution in [0.3, 0.4) is 0 Å². The number of hydrogen-bond acceptors (Lipinski definition) is 7. The first-order valence-corrected chi connectivity index (χ1v) is 4.05. The minimum Gasteiger partial charge on any atom is -0.759 e. The molecule has 69 valence electrons. The van der Waals surface area contributed by atoms with Gasteiger partial charge < -0.3 is 13.7 Å². The maximum Gasteiger partial charge on any atom is 2.00 e. The fourth-order valence-electron chi connectivity index (χ4n) is 0. The van der Waals surface area contributed by atoms with E-state index in [0.717, 1.165) is 0 Å². The van der Waals surface area contributed by atoms with E-state index in [1.165, 1.54) is 0 Å². The van der Waals surface area contributed by atoms with Crippen LogP contribution in [0.5, 0.6) is 0 Å². The van der Waals surface area contributed by atoms with E-state index in [1.54, 1.807) is 0 Å². The van der Waals surface area contributed by atoms with Gasteiger partial charge in [-0.25, -0.2) is 8.42 Å². The molecule has 0 aliphatic rings. The summed E-state index contributed by atoms with van der Waals surface area (Å²) in [6, 6.07) is 0. The zero-order valence-electron chi connectivity index (χ0n) is 5.50. The van der Waals surface area contributed by atoms with Crippen LogP contribution >= 0.6 is 0 Å². The Kier molecular flexibility index (Phi) is 16.2. The van der Waals surface area contributed by atoms with Gasteiger partial charge in [-0.3, -0.25) is 13.0 Å². The summed E-state index contributed by atoms with van der Waals surface area (Å²) in [6.07, 6.45) is 0. The second-order valence-electron chi connectivity index (χ2n) is 0.836. The van der Waals surface area contributed by atoms with E-state index >= 15 is 0 Å². The van der Waals surface area contributed by atoms with Crippen molar-refractivity contribution in [1.29, 1.82) is 0 Å². The molecule has 0 aliphatic carbocycles. The van der Waals surface area contributed by atoms with Gasteiger partial charge in [0.15, 0.2) is 0 Å². The summed E-state index contributed by atoms with van der Waals surface area (Å²) in [4.78, 5) is 0. The van der Waals surface area contributed by atoms with E-state index in [-0.39, 0.29) is 35.9 Å². The minimum atomic E-state index is -5.17. The van der Waals surface area contributed by atoms with Gasteiger partial charge in [-0.15, -0.1) is 0 Å². The van der Waals surface area contributed by atoms with Crippen LogP contribution < -0.4 is 18.9 Å². The van der Waals surface area contributed by atoms with Gasteiger partial charge in [0.05, 0.1) is 0 Å². The Morgan fingerprint density at radius 1 is 0.917 bits per heavy atom. The van der Waals surface area contributed by atoms with Crippen LogP contribution in [0, 0.1) is 0 Å². The SMILES string of the molecule is O=S(=O)([O-])O.O=S(=O)([O-])[O-].[Li+].[Mn+2]. The van der Waals surface area contributed by atoms with E-state index in [9.17, 15) is 0 Å². The predicted molar refractivity (Wildman–Crippen MR) is 22.8 cm³/mol. The molecule has 0 atom stereocenters. The van der Waals surface area contributed by atoms with Gasteiger partial charge in [0, 0.05) is 10.4 Å². The van der Waals surface area contributed by atoms with E-state index in [2.05, 4.69) is 0 Å². The molecule has 0 amide bonds. The molecule has 12 heavy (non-hydrogen) atoms. The standard InChI is InChI=1S/Li.Mn.2H2O4S/c;;2*1-5(2,3)4/h;;2*(H2,1,2,3,4)/q+1;+2;;/p-3. The Bertz CT molecular complexity index is 213. The topological polar surface area (TPSA) is 158 Å². The summed E-state index contributed by atoms with van der Waals surface area (Å²) < 4.78 is 66.9. The van der Waals surface area contributed by atoms with E-state index in [0.29, 0.717) is 0 Å². The van der Waals surface area contributed by atoms with Crippen LogP contribution in [0.1, 0.15) is 0 Å². The normalized spacial score (nSPS) is 9.67. The van der Waals surface area contributed by atoms with Gasteiger partial charge in [0.1, 0.15) is 0 Å². The average Bonchev–Trinajstić information content (AvgIpc) is 1.12. The Labute approximate surface area is 91.5 Å². The molecule has 0 saturated carbocycles. The molecule has 0 heterocycles. The Morgan fingerprint density at radius 2 is 0.917 bits per heavy atom. The third kappa shape index (κ3) is 1440. The van der Waals surface area contributed by atoms with Crippen molar-refractivity contribution in [3.63, 3.8) is 0 Å². The summed E-state index contributed by atoms with van der Waals surface area (Å²) in [5.41, 5.74) is 0. The molecule has 0 fully saturated rings. The van der Waals surface area contributed by atoms with Crippen molar-refractivity contribution >= 4 is 20.8 Å². The molecule has 0 aromatic carbocycles. The molecule has 0 saturated heterocycles. The Balaban J connectivity index is -0.0000000457. The molecule has 0 aromatic heterocycles. The van der Waals surface area contributed by atoms with Gasteiger partial charge in [-0.05, 0) is 0 Å². The van der Waals surface area contributed by atoms with Crippen molar-refractivity contribution in [1.82, 2.24) is 0 Å². The molecule has 0 unspecified atom stereocenters. The molecule has 0 aromatic rings. The molecule has 1 N–H and O–H groups in total. The van der Waals surface area contributed by atoms with Crippen molar-refractivity contribution in [2.75, 3.05) is 0 Å². The summed E-state index contributed by atoms with van der Waals surface area (Å²) in [5.74, 6) is 0. The van der Waals surface area contributed by atoms with Gasteiger partial charge in [0.2, 0.25) is 10.4 Å². The van der Waals surface area contributed by atoms with Crippen LogP contribution in [0.2, 0.25) is 0 Å². The first-order chi connectivity index (χ1) is 4.00. The Morgan fingerprint density at radius 3 is 0.917 bits per heavy atom. The first kappa shape index (κ1) is 23.0. The first-order valence-electron chi connectivity index (χ1n) is 1.35. The average molecular weight is 255 g/mol. The van der Waals surface area contributed by atoms with E-state index in [1.807, 2.05) is 0 Å². The van der Waals surface area contributed by atoms with Gasteiger partial charge >= 0.3 is 35.9 Å². The summed E-state index contributed by atoms with van der Waals surface area (Å²) >= 11 is 0. The third-order valence-corrected chi connectivity index (χ3v) is 0. The van der Waals surface area contributed by atoms with Gasteiger partial charge in [-0.2, -0.15) is 0 Å². The summed E-state index contributed by atoms with van der Waals surface area (Å²) in [7, 11) is -10.1.